The molecule has 1 unspecified atom stereocenters. The van der Waals surface area contributed by atoms with E-state index in [0.717, 1.165) is 19.1 Å². The molecule has 1 atom stereocenters. The maximum Gasteiger partial charge on any atom is 0.120 e. The number of carbonyl (C=O) groups is 1. The smallest absolute Gasteiger partial charge is 0.120 e. The monoisotopic (exact) mass is 172 g/mol. The van der Waals surface area contributed by atoms with E-state index in [1.165, 1.54) is 0 Å². The van der Waals surface area contributed by atoms with Crippen LogP contribution in [0.5, 0.6) is 0 Å². The van der Waals surface area contributed by atoms with Crippen molar-refractivity contribution in [3.63, 3.8) is 0 Å². The lowest BCUT2D eigenvalue weighted by Gasteiger charge is -2.32. The van der Waals surface area contributed by atoms with Gasteiger partial charge in [0.1, 0.15) is 6.29 Å². The Hall–Kier alpha value is -0.410. The Balaban J connectivity index is 4.07. The second-order valence-corrected chi connectivity index (χ2v) is 3.63. The van der Waals surface area contributed by atoms with Crippen LogP contribution in [0.1, 0.15) is 33.1 Å². The topological polar surface area (TPSA) is 69.1 Å². The molecule has 0 radical (unpaired) electrons. The van der Waals surface area contributed by atoms with Crippen molar-refractivity contribution in [1.29, 1.82) is 0 Å². The number of aldehydes is 1. The Labute approximate surface area is 74.5 Å². The molecule has 3 heteroatoms. The van der Waals surface area contributed by atoms with Crippen LogP contribution in [0.3, 0.4) is 0 Å². The predicted octanol–water partition coefficient (Wildman–Crippen LogP) is 0.668. The van der Waals surface area contributed by atoms with Crippen molar-refractivity contribution in [3.8, 4) is 0 Å². The quantitative estimate of drug-likeness (QED) is 0.578. The minimum Gasteiger partial charge on any atom is -0.330 e. The second kappa shape index (κ2) is 5.27. The average Bonchev–Trinajstić information content (AvgIpc) is 2.01. The van der Waals surface area contributed by atoms with Crippen LogP contribution >= 0.6 is 0 Å². The number of nitrogens with two attached hydrogens (primary N) is 2. The van der Waals surface area contributed by atoms with E-state index in [2.05, 4.69) is 13.8 Å². The Morgan fingerprint density at radius 2 is 2.00 bits per heavy atom. The summed E-state index contributed by atoms with van der Waals surface area (Å²) < 4.78 is 0. The molecule has 0 aliphatic rings. The number of hydrogen-bond donors (Lipinski definition) is 2. The maximum absolute atomic E-state index is 10.2. The van der Waals surface area contributed by atoms with Gasteiger partial charge in [-0.2, -0.15) is 0 Å². The Morgan fingerprint density at radius 1 is 1.42 bits per heavy atom. The highest BCUT2D eigenvalue weighted by Crippen LogP contribution is 2.22. The molecular weight excluding hydrogens is 152 g/mol. The van der Waals surface area contributed by atoms with Crippen LogP contribution in [0.15, 0.2) is 0 Å². The van der Waals surface area contributed by atoms with Crippen LogP contribution in [-0.4, -0.2) is 18.4 Å². The fourth-order valence-electron chi connectivity index (χ4n) is 1.30. The number of rotatable bonds is 6. The van der Waals surface area contributed by atoms with Crippen LogP contribution in [0.25, 0.3) is 0 Å². The van der Waals surface area contributed by atoms with Gasteiger partial charge in [0.2, 0.25) is 0 Å². The molecule has 72 valence electrons. The normalized spacial score (nSPS) is 16.1. The van der Waals surface area contributed by atoms with Crippen LogP contribution in [0.2, 0.25) is 0 Å². The van der Waals surface area contributed by atoms with Gasteiger partial charge in [-0.15, -0.1) is 0 Å². The first kappa shape index (κ1) is 11.6. The zero-order chi connectivity index (χ0) is 9.61. The Kier molecular flexibility index (Phi) is 5.09. The third-order valence-electron chi connectivity index (χ3n) is 2.49. The maximum atomic E-state index is 10.2. The summed E-state index contributed by atoms with van der Waals surface area (Å²) in [4.78, 5) is 10.2. The molecule has 0 rings (SSSR count). The summed E-state index contributed by atoms with van der Waals surface area (Å²) in [5.41, 5.74) is 11.3. The van der Waals surface area contributed by atoms with Gasteiger partial charge in [0, 0.05) is 12.0 Å². The summed E-state index contributed by atoms with van der Waals surface area (Å²) in [7, 11) is 0. The molecule has 0 aromatic rings. The van der Waals surface area contributed by atoms with E-state index in [1.807, 2.05) is 0 Å². The highest BCUT2D eigenvalue weighted by molar-refractivity contribution is 5.49. The summed E-state index contributed by atoms with van der Waals surface area (Å²) in [6, 6.07) is 0. The molecule has 0 heterocycles. The van der Waals surface area contributed by atoms with E-state index < -0.39 is 0 Å². The molecule has 12 heavy (non-hydrogen) atoms. The molecule has 0 aromatic heterocycles. The minimum absolute atomic E-state index is 0.254. The fourth-order valence-corrected chi connectivity index (χ4v) is 1.30. The van der Waals surface area contributed by atoms with Gasteiger partial charge in [-0.25, -0.2) is 0 Å². The molecule has 3 nitrogen and oxygen atoms in total. The van der Waals surface area contributed by atoms with Crippen LogP contribution in [-0.2, 0) is 4.79 Å². The van der Waals surface area contributed by atoms with E-state index in [4.69, 9.17) is 11.5 Å². The van der Waals surface area contributed by atoms with Crippen LogP contribution < -0.4 is 11.5 Å². The SMILES string of the molecule is CC(C)C(N)(CCN)CCC=O. The summed E-state index contributed by atoms with van der Waals surface area (Å²) in [5.74, 6) is 0.376. The standard InChI is InChI=1S/C9H20N2O/c1-8(2)9(11,5-6-10)4-3-7-12/h7-8H,3-6,10-11H2,1-2H3. The van der Waals surface area contributed by atoms with Crippen molar-refractivity contribution in [2.45, 2.75) is 38.6 Å². The van der Waals surface area contributed by atoms with E-state index >= 15 is 0 Å². The molecule has 0 fully saturated rings. The van der Waals surface area contributed by atoms with E-state index in [0.29, 0.717) is 18.9 Å². The average molecular weight is 172 g/mol. The Bertz CT molecular complexity index is 136. The molecule has 4 N–H and O–H groups in total. The van der Waals surface area contributed by atoms with Crippen molar-refractivity contribution in [2.24, 2.45) is 17.4 Å². The number of hydrogen-bond acceptors (Lipinski definition) is 3. The van der Waals surface area contributed by atoms with Gasteiger partial charge < -0.3 is 16.3 Å². The molecule has 0 aliphatic carbocycles. The van der Waals surface area contributed by atoms with Gasteiger partial charge in [0.25, 0.3) is 0 Å². The van der Waals surface area contributed by atoms with Crippen molar-refractivity contribution < 1.29 is 4.79 Å². The summed E-state index contributed by atoms with van der Waals surface area (Å²) in [6.07, 6.45) is 2.99. The van der Waals surface area contributed by atoms with Crippen LogP contribution in [0.4, 0.5) is 0 Å². The molecular formula is C9H20N2O. The first-order valence-electron chi connectivity index (χ1n) is 4.49. The largest absolute Gasteiger partial charge is 0.330 e. The van der Waals surface area contributed by atoms with Gasteiger partial charge in [0.15, 0.2) is 0 Å². The van der Waals surface area contributed by atoms with E-state index in [9.17, 15) is 4.79 Å². The van der Waals surface area contributed by atoms with Crippen molar-refractivity contribution >= 4 is 6.29 Å². The zero-order valence-electron chi connectivity index (χ0n) is 8.05. The molecule has 0 aliphatic heterocycles. The lowest BCUT2D eigenvalue weighted by Crippen LogP contribution is -2.46. The highest BCUT2D eigenvalue weighted by Gasteiger charge is 2.27. The van der Waals surface area contributed by atoms with Gasteiger partial charge in [-0.1, -0.05) is 13.8 Å². The lowest BCUT2D eigenvalue weighted by atomic mass is 9.80. The molecule has 0 saturated carbocycles. The third kappa shape index (κ3) is 3.32. The molecule has 0 saturated heterocycles. The van der Waals surface area contributed by atoms with Crippen molar-refractivity contribution in [3.05, 3.63) is 0 Å². The lowest BCUT2D eigenvalue weighted by molar-refractivity contribution is -0.108. The third-order valence-corrected chi connectivity index (χ3v) is 2.49. The minimum atomic E-state index is -0.254. The first-order chi connectivity index (χ1) is 5.56. The first-order valence-corrected chi connectivity index (χ1v) is 4.49. The van der Waals surface area contributed by atoms with Gasteiger partial charge in [-0.3, -0.25) is 0 Å². The Morgan fingerprint density at radius 3 is 2.33 bits per heavy atom. The molecule has 0 bridgehead atoms. The van der Waals surface area contributed by atoms with Crippen molar-refractivity contribution in [1.82, 2.24) is 0 Å². The predicted molar refractivity (Wildman–Crippen MR) is 50.7 cm³/mol. The molecule has 0 aromatic carbocycles. The second-order valence-electron chi connectivity index (χ2n) is 3.63. The number of carbonyl (C=O) groups excluding carboxylic acids is 1. The fraction of sp³-hybridized carbons (Fsp3) is 0.889. The molecule has 0 spiro atoms. The van der Waals surface area contributed by atoms with Crippen molar-refractivity contribution in [2.75, 3.05) is 6.54 Å². The van der Waals surface area contributed by atoms with Gasteiger partial charge in [0.05, 0.1) is 0 Å². The van der Waals surface area contributed by atoms with Gasteiger partial charge in [-0.05, 0) is 25.3 Å². The van der Waals surface area contributed by atoms with Crippen LogP contribution in [0, 0.1) is 5.92 Å². The van der Waals surface area contributed by atoms with Gasteiger partial charge >= 0.3 is 0 Å². The van der Waals surface area contributed by atoms with E-state index in [1.54, 1.807) is 0 Å². The summed E-state index contributed by atoms with van der Waals surface area (Å²) in [6.45, 7) is 4.73. The molecule has 0 amide bonds. The van der Waals surface area contributed by atoms with E-state index in [-0.39, 0.29) is 5.54 Å². The summed E-state index contributed by atoms with van der Waals surface area (Å²) in [5, 5.41) is 0. The zero-order valence-corrected chi connectivity index (χ0v) is 8.05. The highest BCUT2D eigenvalue weighted by atomic mass is 16.1. The summed E-state index contributed by atoms with van der Waals surface area (Å²) >= 11 is 0.